The molecular formula is C16H16Cl2NO5P. The van der Waals surface area contributed by atoms with Gasteiger partial charge in [-0.2, -0.15) is 0 Å². The maximum atomic E-state index is 12.6. The van der Waals surface area contributed by atoms with Crippen LogP contribution in [0.5, 0.6) is 5.75 Å². The molecule has 0 amide bonds. The number of halogens is 2. The van der Waals surface area contributed by atoms with Gasteiger partial charge >= 0.3 is 5.97 Å². The van der Waals surface area contributed by atoms with Crippen molar-refractivity contribution in [3.8, 4) is 5.75 Å². The van der Waals surface area contributed by atoms with Gasteiger partial charge in [0.2, 0.25) is 13.2 Å². The number of carbonyl (C=O) groups is 1. The van der Waals surface area contributed by atoms with Gasteiger partial charge < -0.3 is 14.0 Å². The van der Waals surface area contributed by atoms with Gasteiger partial charge in [-0.3, -0.25) is 9.55 Å². The molecule has 0 saturated heterocycles. The summed E-state index contributed by atoms with van der Waals surface area (Å²) in [4.78, 5) is 16.2. The number of hydrogen-bond acceptors (Lipinski definition) is 6. The minimum absolute atomic E-state index is 0.170. The monoisotopic (exact) mass is 403 g/mol. The zero-order valence-corrected chi connectivity index (χ0v) is 15.9. The SMILES string of the molecule is COP(C)(=O)C(OC(=O)COc1c(Cl)cccc1Cl)c1ccccn1. The number of para-hydroxylation sites is 1. The van der Waals surface area contributed by atoms with Gasteiger partial charge in [0.15, 0.2) is 12.4 Å². The lowest BCUT2D eigenvalue weighted by Gasteiger charge is -2.22. The smallest absolute Gasteiger partial charge is 0.345 e. The van der Waals surface area contributed by atoms with Crippen LogP contribution in [-0.2, 0) is 18.6 Å². The van der Waals surface area contributed by atoms with E-state index in [2.05, 4.69) is 4.98 Å². The number of aromatic nitrogens is 1. The molecular weight excluding hydrogens is 388 g/mol. The molecule has 0 aliphatic heterocycles. The van der Waals surface area contributed by atoms with Crippen LogP contribution in [0.3, 0.4) is 0 Å². The largest absolute Gasteiger partial charge is 0.479 e. The summed E-state index contributed by atoms with van der Waals surface area (Å²) in [6, 6.07) is 9.79. The fraction of sp³-hybridized carbons (Fsp3) is 0.250. The Morgan fingerprint density at radius 2 is 1.88 bits per heavy atom. The number of esters is 1. The van der Waals surface area contributed by atoms with E-state index in [1.165, 1.54) is 20.0 Å². The molecule has 1 heterocycles. The Balaban J connectivity index is 2.11. The van der Waals surface area contributed by atoms with E-state index in [1.54, 1.807) is 36.4 Å². The highest BCUT2D eigenvalue weighted by atomic mass is 35.5. The van der Waals surface area contributed by atoms with Crippen LogP contribution in [0.2, 0.25) is 10.0 Å². The molecule has 9 heteroatoms. The van der Waals surface area contributed by atoms with E-state index >= 15 is 0 Å². The standard InChI is InChI=1S/C16H16Cl2NO5P/c1-22-25(2,21)16(13-8-3-4-9-19-13)24-14(20)10-23-15-11(17)6-5-7-12(15)18/h3-9,16H,10H2,1-2H3. The van der Waals surface area contributed by atoms with Crippen molar-refractivity contribution < 1.29 is 23.4 Å². The molecule has 0 spiro atoms. The van der Waals surface area contributed by atoms with Gasteiger partial charge in [0.25, 0.3) is 0 Å². The van der Waals surface area contributed by atoms with E-state index in [4.69, 9.17) is 37.2 Å². The summed E-state index contributed by atoms with van der Waals surface area (Å²) >= 11 is 11.9. The second-order valence-electron chi connectivity index (χ2n) is 5.03. The summed E-state index contributed by atoms with van der Waals surface area (Å²) in [6.45, 7) is 0.905. The van der Waals surface area contributed by atoms with Crippen LogP contribution in [0, 0.1) is 0 Å². The van der Waals surface area contributed by atoms with E-state index in [-0.39, 0.29) is 15.8 Å². The topological polar surface area (TPSA) is 74.7 Å². The molecule has 1 aromatic heterocycles. The number of carbonyl (C=O) groups excluding carboxylic acids is 1. The van der Waals surface area contributed by atoms with Gasteiger partial charge in [-0.05, 0) is 24.3 Å². The zero-order valence-electron chi connectivity index (χ0n) is 13.5. The van der Waals surface area contributed by atoms with Gasteiger partial charge in [0.1, 0.15) is 0 Å². The lowest BCUT2D eigenvalue weighted by atomic mass is 10.3. The Hall–Kier alpha value is -1.59. The molecule has 134 valence electrons. The van der Waals surface area contributed by atoms with Crippen LogP contribution in [0.1, 0.15) is 11.5 Å². The maximum absolute atomic E-state index is 12.6. The molecule has 2 rings (SSSR count). The molecule has 2 atom stereocenters. The fourth-order valence-electron chi connectivity index (χ4n) is 1.92. The van der Waals surface area contributed by atoms with Crippen molar-refractivity contribution in [3.05, 3.63) is 58.3 Å². The fourth-order valence-corrected chi connectivity index (χ4v) is 3.56. The minimum atomic E-state index is -3.29. The summed E-state index contributed by atoms with van der Waals surface area (Å²) in [5.41, 5.74) is 0.319. The van der Waals surface area contributed by atoms with Crippen molar-refractivity contribution in [1.82, 2.24) is 4.98 Å². The molecule has 2 unspecified atom stereocenters. The first kappa shape index (κ1) is 19.7. The van der Waals surface area contributed by atoms with Crippen LogP contribution in [0.25, 0.3) is 0 Å². The molecule has 0 fully saturated rings. The summed E-state index contributed by atoms with van der Waals surface area (Å²) in [5.74, 6) is -1.73. The van der Waals surface area contributed by atoms with Crippen molar-refractivity contribution in [3.63, 3.8) is 0 Å². The summed E-state index contributed by atoms with van der Waals surface area (Å²) in [6.07, 6.45) is 1.51. The molecule has 0 aliphatic rings. The first-order valence-electron chi connectivity index (χ1n) is 7.15. The zero-order chi connectivity index (χ0) is 18.4. The second kappa shape index (κ2) is 8.68. The van der Waals surface area contributed by atoms with E-state index < -0.39 is 25.8 Å². The predicted molar refractivity (Wildman–Crippen MR) is 95.6 cm³/mol. The molecule has 0 bridgehead atoms. The van der Waals surface area contributed by atoms with Crippen LogP contribution in [0.4, 0.5) is 0 Å². The van der Waals surface area contributed by atoms with Crippen molar-refractivity contribution >= 4 is 36.5 Å². The quantitative estimate of drug-likeness (QED) is 0.498. The molecule has 0 radical (unpaired) electrons. The summed E-state index contributed by atoms with van der Waals surface area (Å²) in [5, 5.41) is 0.527. The Kier molecular flexibility index (Phi) is 6.85. The lowest BCUT2D eigenvalue weighted by Crippen LogP contribution is -2.19. The molecule has 6 nitrogen and oxygen atoms in total. The Bertz CT molecular complexity index is 767. The van der Waals surface area contributed by atoms with Crippen LogP contribution >= 0.6 is 30.6 Å². The molecule has 25 heavy (non-hydrogen) atoms. The number of hydrogen-bond donors (Lipinski definition) is 0. The van der Waals surface area contributed by atoms with Crippen LogP contribution in [-0.4, -0.2) is 31.3 Å². The number of ether oxygens (including phenoxy) is 2. The third-order valence-corrected chi connectivity index (χ3v) is 5.77. The van der Waals surface area contributed by atoms with Crippen molar-refractivity contribution in [2.75, 3.05) is 20.4 Å². The minimum Gasteiger partial charge on any atom is -0.479 e. The third-order valence-electron chi connectivity index (χ3n) is 3.23. The van der Waals surface area contributed by atoms with Crippen molar-refractivity contribution in [2.24, 2.45) is 0 Å². The average molecular weight is 404 g/mol. The summed E-state index contributed by atoms with van der Waals surface area (Å²) < 4.78 is 28.2. The number of nitrogens with zero attached hydrogens (tertiary/aromatic N) is 1. The number of pyridine rings is 1. The normalized spacial score (nSPS) is 14.4. The van der Waals surface area contributed by atoms with Gasteiger partial charge in [-0.25, -0.2) is 4.79 Å². The highest BCUT2D eigenvalue weighted by Crippen LogP contribution is 2.56. The van der Waals surface area contributed by atoms with Crippen LogP contribution < -0.4 is 4.74 Å². The number of benzene rings is 1. The van der Waals surface area contributed by atoms with E-state index in [1.807, 2.05) is 0 Å². The molecule has 0 saturated carbocycles. The Morgan fingerprint density at radius 1 is 1.20 bits per heavy atom. The lowest BCUT2D eigenvalue weighted by molar-refractivity contribution is -0.148. The van der Waals surface area contributed by atoms with E-state index in [9.17, 15) is 9.36 Å². The number of rotatable bonds is 7. The first-order chi connectivity index (χ1) is 11.8. The molecule has 0 N–H and O–H groups in total. The highest BCUT2D eigenvalue weighted by Gasteiger charge is 2.34. The van der Waals surface area contributed by atoms with Crippen LogP contribution in [0.15, 0.2) is 42.6 Å². The second-order valence-corrected chi connectivity index (χ2v) is 8.49. The molecule has 1 aromatic carbocycles. The molecule has 2 aromatic rings. The Morgan fingerprint density at radius 3 is 2.44 bits per heavy atom. The van der Waals surface area contributed by atoms with Gasteiger partial charge in [-0.15, -0.1) is 0 Å². The van der Waals surface area contributed by atoms with E-state index in [0.29, 0.717) is 5.69 Å². The average Bonchev–Trinajstić information content (AvgIpc) is 2.60. The molecule has 0 aliphatic carbocycles. The Labute approximate surface area is 155 Å². The maximum Gasteiger partial charge on any atom is 0.345 e. The highest BCUT2D eigenvalue weighted by molar-refractivity contribution is 7.58. The van der Waals surface area contributed by atoms with Gasteiger partial charge in [-0.1, -0.05) is 35.3 Å². The third kappa shape index (κ3) is 5.19. The first-order valence-corrected chi connectivity index (χ1v) is 10.0. The van der Waals surface area contributed by atoms with E-state index in [0.717, 1.165) is 0 Å². The van der Waals surface area contributed by atoms with Gasteiger partial charge in [0, 0.05) is 20.0 Å². The van der Waals surface area contributed by atoms with Gasteiger partial charge in [0.05, 0.1) is 15.7 Å². The summed E-state index contributed by atoms with van der Waals surface area (Å²) in [7, 11) is -2.00. The predicted octanol–water partition coefficient (Wildman–Crippen LogP) is 4.56. The van der Waals surface area contributed by atoms with Crippen molar-refractivity contribution in [1.29, 1.82) is 0 Å². The van der Waals surface area contributed by atoms with Crippen molar-refractivity contribution in [2.45, 2.75) is 5.85 Å².